The molecule has 0 aliphatic heterocycles. The maximum absolute atomic E-state index is 13.6. The van der Waals surface area contributed by atoms with Gasteiger partial charge in [0, 0.05) is 6.07 Å². The topological polar surface area (TPSA) is 60.2 Å². The summed E-state index contributed by atoms with van der Waals surface area (Å²) in [6.07, 6.45) is 5.05. The average molecular weight is 271 g/mol. The lowest BCUT2D eigenvalue weighted by molar-refractivity contribution is 0.112. The van der Waals surface area contributed by atoms with Crippen molar-refractivity contribution in [2.75, 3.05) is 5.43 Å². The van der Waals surface area contributed by atoms with Crippen molar-refractivity contribution in [1.82, 2.24) is 4.98 Å². The fraction of sp³-hybridized carbons (Fsp3) is 0.615. The number of hydrazine groups is 1. The molecule has 0 aromatic carbocycles. The van der Waals surface area contributed by atoms with Crippen LogP contribution in [0.25, 0.3) is 0 Å². The molecule has 0 radical (unpaired) electrons. The van der Waals surface area contributed by atoms with Crippen molar-refractivity contribution in [1.29, 1.82) is 0 Å². The number of pyridine rings is 1. The van der Waals surface area contributed by atoms with Crippen molar-refractivity contribution in [3.8, 4) is 5.88 Å². The Labute approximate surface area is 111 Å². The maximum atomic E-state index is 13.6. The van der Waals surface area contributed by atoms with Crippen LogP contribution in [0.2, 0.25) is 0 Å². The molecule has 2 rings (SSSR count). The van der Waals surface area contributed by atoms with E-state index in [-0.39, 0.29) is 17.8 Å². The van der Waals surface area contributed by atoms with Crippen molar-refractivity contribution in [3.05, 3.63) is 17.7 Å². The molecule has 1 fully saturated rings. The molecule has 2 unspecified atom stereocenters. The highest BCUT2D eigenvalue weighted by atomic mass is 19.1. The lowest BCUT2D eigenvalue weighted by atomic mass is 9.85. The molecule has 6 heteroatoms. The van der Waals surface area contributed by atoms with Crippen LogP contribution in [0.15, 0.2) is 6.07 Å². The van der Waals surface area contributed by atoms with E-state index in [4.69, 9.17) is 10.6 Å². The van der Waals surface area contributed by atoms with E-state index in [1.54, 1.807) is 0 Å². The van der Waals surface area contributed by atoms with Crippen molar-refractivity contribution >= 4 is 5.82 Å². The van der Waals surface area contributed by atoms with Gasteiger partial charge in [0.2, 0.25) is 0 Å². The molecular weight excluding hydrogens is 252 g/mol. The number of aromatic nitrogens is 1. The van der Waals surface area contributed by atoms with Crippen LogP contribution in [0.5, 0.6) is 5.88 Å². The number of nitrogens with zero attached hydrogens (tertiary/aromatic N) is 1. The third-order valence-electron chi connectivity index (χ3n) is 3.62. The SMILES string of the molecule is CCC1CCCC(Oc2nc(NN)c(F)cc2F)C1. The number of anilines is 1. The quantitative estimate of drug-likeness (QED) is 0.653. The molecule has 4 nitrogen and oxygen atoms in total. The van der Waals surface area contributed by atoms with Crippen LogP contribution in [0.3, 0.4) is 0 Å². The first-order valence-electron chi connectivity index (χ1n) is 6.63. The third-order valence-corrected chi connectivity index (χ3v) is 3.62. The van der Waals surface area contributed by atoms with Gasteiger partial charge in [-0.1, -0.05) is 19.8 Å². The van der Waals surface area contributed by atoms with E-state index in [9.17, 15) is 8.78 Å². The molecule has 1 aliphatic rings. The Balaban J connectivity index is 2.10. The molecule has 1 saturated carbocycles. The largest absolute Gasteiger partial charge is 0.472 e. The van der Waals surface area contributed by atoms with E-state index < -0.39 is 11.6 Å². The fourth-order valence-electron chi connectivity index (χ4n) is 2.51. The van der Waals surface area contributed by atoms with E-state index in [0.717, 1.165) is 31.7 Å². The van der Waals surface area contributed by atoms with E-state index in [2.05, 4.69) is 17.3 Å². The second-order valence-corrected chi connectivity index (χ2v) is 4.93. The molecule has 106 valence electrons. The normalized spacial score (nSPS) is 23.2. The molecule has 1 aromatic heterocycles. The number of nitrogens with one attached hydrogen (secondary N) is 1. The molecule has 1 heterocycles. The van der Waals surface area contributed by atoms with Gasteiger partial charge in [0.1, 0.15) is 6.10 Å². The van der Waals surface area contributed by atoms with E-state index in [0.29, 0.717) is 5.92 Å². The minimum atomic E-state index is -0.831. The van der Waals surface area contributed by atoms with Crippen LogP contribution >= 0.6 is 0 Å². The summed E-state index contributed by atoms with van der Waals surface area (Å²) in [5.41, 5.74) is 2.09. The number of hydrogen-bond acceptors (Lipinski definition) is 4. The molecule has 0 amide bonds. The van der Waals surface area contributed by atoms with Crippen LogP contribution in [-0.4, -0.2) is 11.1 Å². The van der Waals surface area contributed by atoms with Crippen LogP contribution in [-0.2, 0) is 0 Å². The lowest BCUT2D eigenvalue weighted by Gasteiger charge is -2.28. The van der Waals surface area contributed by atoms with Gasteiger partial charge in [0.15, 0.2) is 17.5 Å². The first-order chi connectivity index (χ1) is 9.13. The molecule has 3 N–H and O–H groups in total. The van der Waals surface area contributed by atoms with Gasteiger partial charge in [-0.15, -0.1) is 0 Å². The van der Waals surface area contributed by atoms with Crippen LogP contribution in [0, 0.1) is 17.6 Å². The van der Waals surface area contributed by atoms with Crippen molar-refractivity contribution in [2.45, 2.75) is 45.1 Å². The highest BCUT2D eigenvalue weighted by Crippen LogP contribution is 2.30. The van der Waals surface area contributed by atoms with Crippen LogP contribution in [0.1, 0.15) is 39.0 Å². The Morgan fingerprint density at radius 2 is 2.21 bits per heavy atom. The summed E-state index contributed by atoms with van der Waals surface area (Å²) >= 11 is 0. The van der Waals surface area contributed by atoms with Gasteiger partial charge >= 0.3 is 0 Å². The van der Waals surface area contributed by atoms with E-state index >= 15 is 0 Å². The number of hydrogen-bond donors (Lipinski definition) is 2. The molecule has 0 bridgehead atoms. The monoisotopic (exact) mass is 271 g/mol. The van der Waals surface area contributed by atoms with E-state index in [1.807, 2.05) is 0 Å². The maximum Gasteiger partial charge on any atom is 0.252 e. The van der Waals surface area contributed by atoms with Gasteiger partial charge in [0.25, 0.3) is 5.88 Å². The zero-order valence-electron chi connectivity index (χ0n) is 11.0. The molecule has 1 aromatic rings. The Hall–Kier alpha value is -1.43. The molecular formula is C13H19F2N3O. The highest BCUT2D eigenvalue weighted by molar-refractivity contribution is 5.38. The van der Waals surface area contributed by atoms with Crippen molar-refractivity contribution < 1.29 is 13.5 Å². The lowest BCUT2D eigenvalue weighted by Crippen LogP contribution is -2.26. The second-order valence-electron chi connectivity index (χ2n) is 4.93. The number of nitrogen functional groups attached to an aromatic ring is 1. The van der Waals surface area contributed by atoms with Gasteiger partial charge in [-0.25, -0.2) is 14.6 Å². The van der Waals surface area contributed by atoms with E-state index in [1.165, 1.54) is 6.42 Å². The number of rotatable bonds is 4. The summed E-state index contributed by atoms with van der Waals surface area (Å²) in [5, 5.41) is 0. The third kappa shape index (κ3) is 3.32. The average Bonchev–Trinajstić information content (AvgIpc) is 2.42. The zero-order chi connectivity index (χ0) is 13.8. The molecule has 19 heavy (non-hydrogen) atoms. The van der Waals surface area contributed by atoms with Gasteiger partial charge in [0.05, 0.1) is 0 Å². The number of ether oxygens (including phenoxy) is 1. The summed E-state index contributed by atoms with van der Waals surface area (Å²) in [4.78, 5) is 3.73. The van der Waals surface area contributed by atoms with Gasteiger partial charge in [-0.2, -0.15) is 4.98 Å². The molecule has 2 atom stereocenters. The minimum Gasteiger partial charge on any atom is -0.472 e. The fourth-order valence-corrected chi connectivity index (χ4v) is 2.51. The predicted molar refractivity (Wildman–Crippen MR) is 68.6 cm³/mol. The summed E-state index contributed by atoms with van der Waals surface area (Å²) in [7, 11) is 0. The van der Waals surface area contributed by atoms with Gasteiger partial charge in [-0.05, 0) is 25.2 Å². The standard InChI is InChI=1S/C13H19F2N3O/c1-2-8-4-3-5-9(6-8)19-13-11(15)7-10(14)12(17-13)18-16/h7-9H,2-6,16H2,1H3,(H,17,18). The van der Waals surface area contributed by atoms with Gasteiger partial charge in [-0.3, -0.25) is 0 Å². The Morgan fingerprint density at radius 3 is 2.89 bits per heavy atom. The first kappa shape index (κ1) is 14.0. The van der Waals surface area contributed by atoms with Crippen LogP contribution in [0.4, 0.5) is 14.6 Å². The summed E-state index contributed by atoms with van der Waals surface area (Å²) in [6, 6.07) is 0.734. The van der Waals surface area contributed by atoms with Crippen LogP contribution < -0.4 is 16.0 Å². The van der Waals surface area contributed by atoms with Crippen molar-refractivity contribution in [2.24, 2.45) is 11.8 Å². The van der Waals surface area contributed by atoms with Crippen molar-refractivity contribution in [3.63, 3.8) is 0 Å². The van der Waals surface area contributed by atoms with Gasteiger partial charge < -0.3 is 10.2 Å². The molecule has 0 spiro atoms. The Bertz CT molecular complexity index is 442. The minimum absolute atomic E-state index is 0.0585. The molecule has 0 saturated heterocycles. The number of nitrogens with two attached hydrogens (primary N) is 1. The second kappa shape index (κ2) is 6.14. The summed E-state index contributed by atoms with van der Waals surface area (Å²) < 4.78 is 32.4. The Morgan fingerprint density at radius 1 is 1.42 bits per heavy atom. The number of halogens is 2. The summed E-state index contributed by atoms with van der Waals surface area (Å²) in [6.45, 7) is 2.14. The molecule has 1 aliphatic carbocycles. The zero-order valence-corrected chi connectivity index (χ0v) is 11.0. The predicted octanol–water partition coefficient (Wildman–Crippen LogP) is 2.99. The first-order valence-corrected chi connectivity index (χ1v) is 6.63. The smallest absolute Gasteiger partial charge is 0.252 e. The summed E-state index contributed by atoms with van der Waals surface area (Å²) in [5.74, 6) is 3.70. The Kier molecular flexibility index (Phi) is 4.52. The highest BCUT2D eigenvalue weighted by Gasteiger charge is 2.24.